The van der Waals surface area contributed by atoms with Gasteiger partial charge in [0.15, 0.2) is 17.3 Å². The van der Waals surface area contributed by atoms with Crippen LogP contribution in [0.15, 0.2) is 52.9 Å². The molecule has 0 atom stereocenters. The summed E-state index contributed by atoms with van der Waals surface area (Å²) >= 11 is 0. The van der Waals surface area contributed by atoms with Gasteiger partial charge in [0.05, 0.1) is 0 Å². The third-order valence-electron chi connectivity index (χ3n) is 4.26. The average Bonchev–Trinajstić information content (AvgIpc) is 3.15. The molecule has 2 heterocycles. The van der Waals surface area contributed by atoms with E-state index in [-0.39, 0.29) is 18.3 Å². The van der Waals surface area contributed by atoms with Crippen molar-refractivity contribution >= 4 is 11.6 Å². The number of hydrogen-bond acceptors (Lipinski definition) is 5. The van der Waals surface area contributed by atoms with E-state index in [1.165, 1.54) is 0 Å². The summed E-state index contributed by atoms with van der Waals surface area (Å²) in [6.07, 6.45) is 0. The smallest absolute Gasteiger partial charge is 0.291 e. The van der Waals surface area contributed by atoms with E-state index >= 15 is 0 Å². The predicted molar refractivity (Wildman–Crippen MR) is 104 cm³/mol. The van der Waals surface area contributed by atoms with Crippen molar-refractivity contribution in [1.82, 2.24) is 0 Å². The number of aryl methyl sites for hydroxylation is 2. The van der Waals surface area contributed by atoms with Gasteiger partial charge < -0.3 is 23.9 Å². The number of ether oxygens (including phenoxy) is 3. The van der Waals surface area contributed by atoms with Crippen molar-refractivity contribution in [3.63, 3.8) is 0 Å². The molecule has 0 saturated carbocycles. The summed E-state index contributed by atoms with van der Waals surface area (Å²) in [4.78, 5) is 12.4. The van der Waals surface area contributed by atoms with Gasteiger partial charge in [-0.1, -0.05) is 6.07 Å². The van der Waals surface area contributed by atoms with Crippen LogP contribution in [0.25, 0.3) is 0 Å². The first-order valence-electron chi connectivity index (χ1n) is 9.08. The molecule has 6 nitrogen and oxygen atoms in total. The van der Waals surface area contributed by atoms with Crippen LogP contribution in [0.2, 0.25) is 0 Å². The Labute approximate surface area is 163 Å². The molecule has 0 bridgehead atoms. The molecule has 28 heavy (non-hydrogen) atoms. The monoisotopic (exact) mass is 379 g/mol. The Kier molecular flexibility index (Phi) is 4.93. The maximum Gasteiger partial charge on any atom is 0.291 e. The van der Waals surface area contributed by atoms with Crippen molar-refractivity contribution in [1.29, 1.82) is 0 Å². The summed E-state index contributed by atoms with van der Waals surface area (Å²) in [5.74, 6) is 2.52. The first-order chi connectivity index (χ1) is 13.6. The molecule has 6 heteroatoms. The van der Waals surface area contributed by atoms with Gasteiger partial charge in [-0.15, -0.1) is 0 Å². The van der Waals surface area contributed by atoms with E-state index in [1.807, 2.05) is 26.0 Å². The Hall–Kier alpha value is -3.41. The van der Waals surface area contributed by atoms with Gasteiger partial charge in [0.25, 0.3) is 5.91 Å². The van der Waals surface area contributed by atoms with E-state index in [0.29, 0.717) is 36.2 Å². The number of hydrogen-bond donors (Lipinski definition) is 1. The van der Waals surface area contributed by atoms with Crippen LogP contribution >= 0.6 is 0 Å². The van der Waals surface area contributed by atoms with Crippen LogP contribution < -0.4 is 19.5 Å². The number of fused-ring (bicyclic) bond motifs is 1. The van der Waals surface area contributed by atoms with Gasteiger partial charge in [0.1, 0.15) is 31.3 Å². The van der Waals surface area contributed by atoms with E-state index in [4.69, 9.17) is 18.6 Å². The van der Waals surface area contributed by atoms with Gasteiger partial charge in [-0.2, -0.15) is 0 Å². The molecule has 0 fully saturated rings. The second kappa shape index (κ2) is 7.68. The van der Waals surface area contributed by atoms with Crippen molar-refractivity contribution < 1.29 is 23.4 Å². The van der Waals surface area contributed by atoms with Crippen molar-refractivity contribution in [2.75, 3.05) is 18.5 Å². The number of amides is 1. The minimum atomic E-state index is -0.339. The van der Waals surface area contributed by atoms with E-state index < -0.39 is 0 Å². The van der Waals surface area contributed by atoms with Crippen LogP contribution in [0, 0.1) is 13.8 Å². The van der Waals surface area contributed by atoms with Gasteiger partial charge in [0.2, 0.25) is 0 Å². The first-order valence-corrected chi connectivity index (χ1v) is 9.08. The Balaban J connectivity index is 1.39. The summed E-state index contributed by atoms with van der Waals surface area (Å²) in [5, 5.41) is 2.80. The zero-order valence-electron chi connectivity index (χ0n) is 15.8. The molecule has 3 aromatic rings. The highest BCUT2D eigenvalue weighted by Gasteiger charge is 2.15. The minimum Gasteiger partial charge on any atom is -0.486 e. The lowest BCUT2D eigenvalue weighted by Crippen LogP contribution is -2.16. The third kappa shape index (κ3) is 4.11. The van der Waals surface area contributed by atoms with Gasteiger partial charge in [-0.05, 0) is 61.4 Å². The largest absolute Gasteiger partial charge is 0.486 e. The quantitative estimate of drug-likeness (QED) is 0.707. The van der Waals surface area contributed by atoms with E-state index in [0.717, 1.165) is 16.9 Å². The Morgan fingerprint density at radius 1 is 0.964 bits per heavy atom. The van der Waals surface area contributed by atoms with Crippen molar-refractivity contribution in [3.8, 4) is 17.2 Å². The topological polar surface area (TPSA) is 69.9 Å². The summed E-state index contributed by atoms with van der Waals surface area (Å²) in [6, 6.07) is 14.7. The van der Waals surface area contributed by atoms with Gasteiger partial charge >= 0.3 is 0 Å². The number of furan rings is 1. The van der Waals surface area contributed by atoms with Gasteiger partial charge in [-0.3, -0.25) is 4.79 Å². The molecule has 1 aromatic heterocycles. The van der Waals surface area contributed by atoms with Crippen molar-refractivity contribution in [2.24, 2.45) is 0 Å². The van der Waals surface area contributed by atoms with E-state index in [1.54, 1.807) is 30.3 Å². The lowest BCUT2D eigenvalue weighted by atomic mass is 10.1. The molecule has 0 aliphatic carbocycles. The lowest BCUT2D eigenvalue weighted by Gasteiger charge is -2.18. The first kappa shape index (κ1) is 18.0. The summed E-state index contributed by atoms with van der Waals surface area (Å²) in [6.45, 7) is 5.31. The fraction of sp³-hybridized carbons (Fsp3) is 0.227. The van der Waals surface area contributed by atoms with Crippen molar-refractivity contribution in [2.45, 2.75) is 20.5 Å². The zero-order valence-corrected chi connectivity index (χ0v) is 15.8. The molecule has 1 N–H and O–H groups in total. The molecule has 1 amide bonds. The minimum absolute atomic E-state index is 0.217. The van der Waals surface area contributed by atoms with Crippen LogP contribution in [-0.2, 0) is 6.61 Å². The molecule has 1 aliphatic rings. The number of rotatable bonds is 5. The SMILES string of the molecule is Cc1cc(C)cc(OCc2ccc(C(=O)Nc3ccc4c(c3)OCCO4)o2)c1. The Morgan fingerprint density at radius 2 is 1.71 bits per heavy atom. The number of anilines is 1. The maximum atomic E-state index is 12.4. The summed E-state index contributed by atoms with van der Waals surface area (Å²) in [5.41, 5.74) is 2.88. The fourth-order valence-electron chi connectivity index (χ4n) is 3.06. The number of carbonyl (C=O) groups excluding carboxylic acids is 1. The van der Waals surface area contributed by atoms with Crippen LogP contribution in [0.5, 0.6) is 17.2 Å². The molecule has 0 saturated heterocycles. The number of carbonyl (C=O) groups is 1. The molecule has 1 aliphatic heterocycles. The maximum absolute atomic E-state index is 12.4. The Bertz CT molecular complexity index is 988. The van der Waals surface area contributed by atoms with Crippen LogP contribution in [-0.4, -0.2) is 19.1 Å². The Morgan fingerprint density at radius 3 is 2.50 bits per heavy atom. The molecule has 0 radical (unpaired) electrons. The molecular formula is C22H21NO5. The van der Waals surface area contributed by atoms with Crippen LogP contribution in [0.1, 0.15) is 27.4 Å². The average molecular weight is 379 g/mol. The summed E-state index contributed by atoms with van der Waals surface area (Å²) < 4.78 is 22.4. The lowest BCUT2D eigenvalue weighted by molar-refractivity contribution is 0.0992. The fourth-order valence-corrected chi connectivity index (χ4v) is 3.06. The van der Waals surface area contributed by atoms with Crippen LogP contribution in [0.4, 0.5) is 5.69 Å². The molecule has 0 unspecified atom stereocenters. The van der Waals surface area contributed by atoms with E-state index in [9.17, 15) is 4.79 Å². The molecule has 144 valence electrons. The van der Waals surface area contributed by atoms with Crippen molar-refractivity contribution in [3.05, 3.63) is 71.2 Å². The summed E-state index contributed by atoms with van der Waals surface area (Å²) in [7, 11) is 0. The van der Waals surface area contributed by atoms with E-state index in [2.05, 4.69) is 11.4 Å². The number of benzene rings is 2. The molecule has 2 aromatic carbocycles. The standard InChI is InChI=1S/C22H21NO5/c1-14-9-15(2)11-18(10-14)27-13-17-4-6-20(28-17)22(24)23-16-3-5-19-21(12-16)26-8-7-25-19/h3-6,9-12H,7-8,13H2,1-2H3,(H,23,24). The second-order valence-electron chi connectivity index (χ2n) is 6.69. The molecule has 0 spiro atoms. The second-order valence-corrected chi connectivity index (χ2v) is 6.69. The highest BCUT2D eigenvalue weighted by atomic mass is 16.6. The zero-order chi connectivity index (χ0) is 19.5. The molecular weight excluding hydrogens is 358 g/mol. The van der Waals surface area contributed by atoms with Gasteiger partial charge in [0, 0.05) is 11.8 Å². The normalized spacial score (nSPS) is 12.5. The third-order valence-corrected chi connectivity index (χ3v) is 4.26. The van der Waals surface area contributed by atoms with Gasteiger partial charge in [-0.25, -0.2) is 0 Å². The number of nitrogens with one attached hydrogen (secondary N) is 1. The highest BCUT2D eigenvalue weighted by molar-refractivity contribution is 6.02. The van der Waals surface area contributed by atoms with Crippen LogP contribution in [0.3, 0.4) is 0 Å². The molecule has 4 rings (SSSR count). The predicted octanol–water partition coefficient (Wildman–Crippen LogP) is 4.50. The highest BCUT2D eigenvalue weighted by Crippen LogP contribution is 2.32.